The zero-order valence-electron chi connectivity index (χ0n) is 13.2. The molecule has 1 saturated carbocycles. The summed E-state index contributed by atoms with van der Waals surface area (Å²) < 4.78 is 15.6. The number of halogens is 2. The van der Waals surface area contributed by atoms with E-state index in [0.29, 0.717) is 11.6 Å². The monoisotopic (exact) mass is 355 g/mol. The van der Waals surface area contributed by atoms with Crippen LogP contribution in [0.2, 0.25) is 5.02 Å². The standard InChI is InChI=1S/C19H15ClFN3O/c20-13-8-9-16(15(21)10-13)22-19(25)18-11-17(12-6-7-12)23-24(18)14-4-2-1-3-5-14/h1-5,8-12H,6-7H2,(H,22,25). The summed E-state index contributed by atoms with van der Waals surface area (Å²) in [4.78, 5) is 12.7. The Morgan fingerprint density at radius 1 is 1.16 bits per heavy atom. The third-order valence-corrected chi connectivity index (χ3v) is 4.37. The molecule has 1 heterocycles. The van der Waals surface area contributed by atoms with E-state index < -0.39 is 11.7 Å². The minimum Gasteiger partial charge on any atom is -0.318 e. The van der Waals surface area contributed by atoms with Crippen LogP contribution < -0.4 is 5.32 Å². The van der Waals surface area contributed by atoms with E-state index in [0.717, 1.165) is 24.2 Å². The summed E-state index contributed by atoms with van der Waals surface area (Å²) in [5, 5.41) is 7.46. The van der Waals surface area contributed by atoms with E-state index in [1.807, 2.05) is 30.3 Å². The van der Waals surface area contributed by atoms with Crippen LogP contribution in [0.15, 0.2) is 54.6 Å². The Bertz CT molecular complexity index is 935. The lowest BCUT2D eigenvalue weighted by molar-refractivity contribution is 0.101. The minimum absolute atomic E-state index is 0.0863. The van der Waals surface area contributed by atoms with Crippen LogP contribution in [0, 0.1) is 5.82 Å². The molecule has 0 aliphatic heterocycles. The molecule has 1 aliphatic rings. The average Bonchev–Trinajstić information content (AvgIpc) is 3.36. The van der Waals surface area contributed by atoms with Crippen LogP contribution in [0.25, 0.3) is 5.69 Å². The average molecular weight is 356 g/mol. The van der Waals surface area contributed by atoms with Crippen LogP contribution in [0.4, 0.5) is 10.1 Å². The van der Waals surface area contributed by atoms with Gasteiger partial charge in [0.2, 0.25) is 0 Å². The number of rotatable bonds is 4. The highest BCUT2D eigenvalue weighted by molar-refractivity contribution is 6.30. The first-order valence-corrected chi connectivity index (χ1v) is 8.41. The van der Waals surface area contributed by atoms with Crippen LogP contribution in [0.3, 0.4) is 0 Å². The summed E-state index contributed by atoms with van der Waals surface area (Å²) in [6, 6.07) is 15.4. The Hall–Kier alpha value is -2.66. The number of aromatic nitrogens is 2. The van der Waals surface area contributed by atoms with Crippen LogP contribution in [0.1, 0.15) is 34.9 Å². The molecule has 0 bridgehead atoms. The van der Waals surface area contributed by atoms with Gasteiger partial charge in [-0.1, -0.05) is 29.8 Å². The van der Waals surface area contributed by atoms with Gasteiger partial charge < -0.3 is 5.32 Å². The number of anilines is 1. The van der Waals surface area contributed by atoms with E-state index in [2.05, 4.69) is 10.4 Å². The van der Waals surface area contributed by atoms with Crippen molar-refractivity contribution in [2.45, 2.75) is 18.8 Å². The van der Waals surface area contributed by atoms with E-state index in [9.17, 15) is 9.18 Å². The smallest absolute Gasteiger partial charge is 0.274 e. The van der Waals surface area contributed by atoms with Crippen molar-refractivity contribution < 1.29 is 9.18 Å². The van der Waals surface area contributed by atoms with Crippen molar-refractivity contribution >= 4 is 23.2 Å². The number of hydrogen-bond donors (Lipinski definition) is 1. The SMILES string of the molecule is O=C(Nc1ccc(Cl)cc1F)c1cc(C2CC2)nn1-c1ccccc1. The molecule has 25 heavy (non-hydrogen) atoms. The molecule has 6 heteroatoms. The van der Waals surface area contributed by atoms with Gasteiger partial charge >= 0.3 is 0 Å². The summed E-state index contributed by atoms with van der Waals surface area (Å²) in [5.41, 5.74) is 2.15. The molecule has 0 atom stereocenters. The van der Waals surface area contributed by atoms with Gasteiger partial charge in [0.1, 0.15) is 11.5 Å². The highest BCUT2D eigenvalue weighted by atomic mass is 35.5. The van der Waals surface area contributed by atoms with Gasteiger partial charge in [0, 0.05) is 10.9 Å². The second kappa shape index (κ2) is 6.33. The molecular weight excluding hydrogens is 341 g/mol. The maximum Gasteiger partial charge on any atom is 0.274 e. The van der Waals surface area contributed by atoms with Crippen molar-refractivity contribution in [1.82, 2.24) is 9.78 Å². The molecule has 4 rings (SSSR count). The minimum atomic E-state index is -0.575. The van der Waals surface area contributed by atoms with Crippen LogP contribution in [-0.4, -0.2) is 15.7 Å². The maximum atomic E-state index is 14.0. The molecule has 0 spiro atoms. The molecule has 4 nitrogen and oxygen atoms in total. The third-order valence-electron chi connectivity index (χ3n) is 4.14. The van der Waals surface area contributed by atoms with Crippen LogP contribution >= 0.6 is 11.6 Å². The van der Waals surface area contributed by atoms with Crippen molar-refractivity contribution in [2.24, 2.45) is 0 Å². The van der Waals surface area contributed by atoms with Crippen molar-refractivity contribution in [2.75, 3.05) is 5.32 Å². The molecule has 0 saturated heterocycles. The Morgan fingerprint density at radius 3 is 2.60 bits per heavy atom. The Labute approximate surface area is 149 Å². The predicted molar refractivity (Wildman–Crippen MR) is 94.9 cm³/mol. The normalized spacial score (nSPS) is 13.7. The second-order valence-corrected chi connectivity index (χ2v) is 6.49. The predicted octanol–water partition coefficient (Wildman–Crippen LogP) is 4.79. The summed E-state index contributed by atoms with van der Waals surface area (Å²) in [7, 11) is 0. The van der Waals surface area contributed by atoms with Gasteiger partial charge in [-0.2, -0.15) is 5.10 Å². The first-order chi connectivity index (χ1) is 12.1. The van der Waals surface area contributed by atoms with E-state index >= 15 is 0 Å². The van der Waals surface area contributed by atoms with Gasteiger partial charge in [0.15, 0.2) is 0 Å². The fraction of sp³-hybridized carbons (Fsp3) is 0.158. The molecule has 1 amide bonds. The lowest BCUT2D eigenvalue weighted by Gasteiger charge is -2.09. The fourth-order valence-corrected chi connectivity index (χ4v) is 2.84. The van der Waals surface area contributed by atoms with Crippen molar-refractivity contribution in [1.29, 1.82) is 0 Å². The molecule has 1 fully saturated rings. The zero-order chi connectivity index (χ0) is 17.4. The molecule has 1 N–H and O–H groups in total. The van der Waals surface area contributed by atoms with Gasteiger partial charge in [-0.05, 0) is 49.2 Å². The number of nitrogens with one attached hydrogen (secondary N) is 1. The first kappa shape index (κ1) is 15.8. The maximum absolute atomic E-state index is 14.0. The second-order valence-electron chi connectivity index (χ2n) is 6.05. The number of carbonyl (C=O) groups excluding carboxylic acids is 1. The van der Waals surface area contributed by atoms with Gasteiger partial charge in [-0.25, -0.2) is 9.07 Å². The van der Waals surface area contributed by atoms with E-state index in [-0.39, 0.29) is 10.7 Å². The Morgan fingerprint density at radius 2 is 1.92 bits per heavy atom. The van der Waals surface area contributed by atoms with E-state index in [4.69, 9.17) is 11.6 Å². The largest absolute Gasteiger partial charge is 0.318 e. The molecule has 1 aromatic heterocycles. The number of para-hydroxylation sites is 1. The highest BCUT2D eigenvalue weighted by Crippen LogP contribution is 2.39. The number of benzene rings is 2. The summed E-state index contributed by atoms with van der Waals surface area (Å²) >= 11 is 5.75. The number of amides is 1. The summed E-state index contributed by atoms with van der Waals surface area (Å²) in [5.74, 6) is -0.581. The first-order valence-electron chi connectivity index (χ1n) is 8.03. The quantitative estimate of drug-likeness (QED) is 0.731. The molecule has 0 radical (unpaired) electrons. The molecule has 126 valence electrons. The van der Waals surface area contributed by atoms with Crippen LogP contribution in [0.5, 0.6) is 0 Å². The van der Waals surface area contributed by atoms with Crippen molar-refractivity contribution in [3.63, 3.8) is 0 Å². The number of nitrogens with zero attached hydrogens (tertiary/aromatic N) is 2. The summed E-state index contributed by atoms with van der Waals surface area (Å²) in [6.07, 6.45) is 2.16. The zero-order valence-corrected chi connectivity index (χ0v) is 14.0. The number of hydrogen-bond acceptors (Lipinski definition) is 2. The Balaban J connectivity index is 1.69. The number of carbonyl (C=O) groups is 1. The third kappa shape index (κ3) is 3.28. The van der Waals surface area contributed by atoms with Crippen molar-refractivity contribution in [3.8, 4) is 5.69 Å². The molecule has 3 aromatic rings. The molecule has 0 unspecified atom stereocenters. The van der Waals surface area contributed by atoms with Crippen LogP contribution in [-0.2, 0) is 0 Å². The van der Waals surface area contributed by atoms with Crippen molar-refractivity contribution in [3.05, 3.63) is 76.8 Å². The van der Waals surface area contributed by atoms with Gasteiger partial charge in [-0.3, -0.25) is 4.79 Å². The lowest BCUT2D eigenvalue weighted by atomic mass is 10.2. The van der Waals surface area contributed by atoms with E-state index in [1.54, 1.807) is 10.7 Å². The fourth-order valence-electron chi connectivity index (χ4n) is 2.68. The van der Waals surface area contributed by atoms with Gasteiger partial charge in [-0.15, -0.1) is 0 Å². The summed E-state index contributed by atoms with van der Waals surface area (Å²) in [6.45, 7) is 0. The Kier molecular flexibility index (Phi) is 4.01. The topological polar surface area (TPSA) is 46.9 Å². The molecule has 1 aliphatic carbocycles. The highest BCUT2D eigenvalue weighted by Gasteiger charge is 2.29. The molecular formula is C19H15ClFN3O. The molecule has 2 aromatic carbocycles. The lowest BCUT2D eigenvalue weighted by Crippen LogP contribution is -2.17. The van der Waals surface area contributed by atoms with Gasteiger partial charge in [0.05, 0.1) is 17.1 Å². The van der Waals surface area contributed by atoms with Gasteiger partial charge in [0.25, 0.3) is 5.91 Å². The van der Waals surface area contributed by atoms with E-state index in [1.165, 1.54) is 18.2 Å².